The second-order valence-corrected chi connectivity index (χ2v) is 7.09. The van der Waals surface area contributed by atoms with Crippen LogP contribution in [0.3, 0.4) is 0 Å². The Labute approximate surface area is 170 Å². The van der Waals surface area contributed by atoms with Crippen LogP contribution >= 0.6 is 0 Å². The quantitative estimate of drug-likeness (QED) is 0.673. The molecular formula is C20H19N5O5. The van der Waals surface area contributed by atoms with Gasteiger partial charge in [0, 0.05) is 24.0 Å². The number of benzene rings is 1. The van der Waals surface area contributed by atoms with Gasteiger partial charge in [-0.25, -0.2) is 5.10 Å². The summed E-state index contributed by atoms with van der Waals surface area (Å²) in [6.07, 6.45) is 0.251. The molecular weight excluding hydrogens is 390 g/mol. The third-order valence-electron chi connectivity index (χ3n) is 5.24. The van der Waals surface area contributed by atoms with E-state index < -0.39 is 0 Å². The van der Waals surface area contributed by atoms with E-state index >= 15 is 0 Å². The van der Waals surface area contributed by atoms with E-state index in [-0.39, 0.29) is 23.8 Å². The number of carbonyl (C=O) groups is 1. The maximum absolute atomic E-state index is 12.6. The fraction of sp³-hybridized carbons (Fsp3) is 0.300. The summed E-state index contributed by atoms with van der Waals surface area (Å²) in [7, 11) is 1.57. The van der Waals surface area contributed by atoms with Crippen LogP contribution in [0.1, 0.15) is 29.2 Å². The minimum absolute atomic E-state index is 0.146. The molecule has 1 unspecified atom stereocenters. The molecule has 0 saturated heterocycles. The zero-order valence-electron chi connectivity index (χ0n) is 16.4. The Hall–Kier alpha value is -3.82. The number of aromatic amines is 1. The zero-order valence-corrected chi connectivity index (χ0v) is 16.4. The molecule has 0 aliphatic carbocycles. The normalized spacial score (nSPS) is 17.3. The Kier molecular flexibility index (Phi) is 4.19. The molecule has 0 saturated carbocycles. The number of anilines is 1. The number of ether oxygens (including phenoxy) is 3. The summed E-state index contributed by atoms with van der Waals surface area (Å²) in [5.41, 5.74) is 2.17. The monoisotopic (exact) mass is 409 g/mol. The van der Waals surface area contributed by atoms with Crippen LogP contribution < -0.4 is 25.1 Å². The van der Waals surface area contributed by atoms with E-state index in [0.717, 1.165) is 16.8 Å². The van der Waals surface area contributed by atoms with Gasteiger partial charge in [0.05, 0.1) is 12.8 Å². The van der Waals surface area contributed by atoms with Crippen molar-refractivity contribution in [2.24, 2.45) is 0 Å². The van der Waals surface area contributed by atoms with Gasteiger partial charge in [-0.3, -0.25) is 9.59 Å². The predicted octanol–water partition coefficient (Wildman–Crippen LogP) is 1.52. The average molecular weight is 409 g/mol. The summed E-state index contributed by atoms with van der Waals surface area (Å²) in [4.78, 5) is 23.9. The summed E-state index contributed by atoms with van der Waals surface area (Å²) in [5.74, 6) is 2.25. The first-order valence-corrected chi connectivity index (χ1v) is 9.48. The van der Waals surface area contributed by atoms with E-state index in [1.807, 2.05) is 19.1 Å². The van der Waals surface area contributed by atoms with Gasteiger partial charge in [-0.1, -0.05) is 0 Å². The molecule has 154 valence electrons. The van der Waals surface area contributed by atoms with E-state index in [1.165, 1.54) is 10.7 Å². The van der Waals surface area contributed by atoms with Gasteiger partial charge in [-0.15, -0.1) is 0 Å². The summed E-state index contributed by atoms with van der Waals surface area (Å²) in [5, 5.41) is 13.9. The number of methoxy groups -OCH3 is 1. The lowest BCUT2D eigenvalue weighted by Crippen LogP contribution is -2.25. The lowest BCUT2D eigenvalue weighted by atomic mass is 9.85. The van der Waals surface area contributed by atoms with Crippen molar-refractivity contribution < 1.29 is 19.0 Å². The molecule has 5 rings (SSSR count). The second kappa shape index (κ2) is 6.90. The van der Waals surface area contributed by atoms with Crippen molar-refractivity contribution in [3.63, 3.8) is 0 Å². The Balaban J connectivity index is 1.65. The highest BCUT2D eigenvalue weighted by atomic mass is 16.6. The highest BCUT2D eigenvalue weighted by Gasteiger charge is 2.34. The topological polar surface area (TPSA) is 120 Å². The second-order valence-electron chi connectivity index (χ2n) is 7.09. The van der Waals surface area contributed by atoms with Crippen molar-refractivity contribution in [2.75, 3.05) is 25.6 Å². The fourth-order valence-corrected chi connectivity index (χ4v) is 3.95. The van der Waals surface area contributed by atoms with Crippen LogP contribution in [0.2, 0.25) is 0 Å². The molecule has 30 heavy (non-hydrogen) atoms. The number of hydrogen-bond acceptors (Lipinski definition) is 7. The lowest BCUT2D eigenvalue weighted by molar-refractivity contribution is -0.116. The summed E-state index contributed by atoms with van der Waals surface area (Å²) in [6.45, 7) is 2.78. The van der Waals surface area contributed by atoms with Crippen LogP contribution in [0.25, 0.3) is 5.82 Å². The molecule has 10 nitrogen and oxygen atoms in total. The minimum atomic E-state index is -0.318. The van der Waals surface area contributed by atoms with Gasteiger partial charge < -0.3 is 19.5 Å². The van der Waals surface area contributed by atoms with E-state index in [1.54, 1.807) is 13.2 Å². The fourth-order valence-electron chi connectivity index (χ4n) is 3.95. The van der Waals surface area contributed by atoms with Crippen LogP contribution in [-0.4, -0.2) is 46.2 Å². The maximum Gasteiger partial charge on any atom is 0.264 e. The number of nitrogens with one attached hydrogen (secondary N) is 2. The third-order valence-corrected chi connectivity index (χ3v) is 5.24. The minimum Gasteiger partial charge on any atom is -0.493 e. The van der Waals surface area contributed by atoms with E-state index in [2.05, 4.69) is 20.6 Å². The van der Waals surface area contributed by atoms with Gasteiger partial charge in [-0.2, -0.15) is 14.9 Å². The Morgan fingerprint density at radius 1 is 1.20 bits per heavy atom. The number of aryl methyl sites for hydroxylation is 1. The van der Waals surface area contributed by atoms with E-state index in [4.69, 9.17) is 14.2 Å². The van der Waals surface area contributed by atoms with Crippen molar-refractivity contribution in [1.29, 1.82) is 0 Å². The number of nitrogens with zero attached hydrogens (tertiary/aromatic N) is 3. The molecule has 1 aromatic carbocycles. The molecule has 3 aromatic rings. The third kappa shape index (κ3) is 2.88. The highest BCUT2D eigenvalue weighted by molar-refractivity contribution is 5.95. The molecule has 2 aliphatic rings. The summed E-state index contributed by atoms with van der Waals surface area (Å²) in [6, 6.07) is 6.67. The van der Waals surface area contributed by atoms with Crippen LogP contribution in [0.5, 0.6) is 17.2 Å². The molecule has 0 fully saturated rings. The predicted molar refractivity (Wildman–Crippen MR) is 106 cm³/mol. The molecule has 2 aromatic heterocycles. The first-order chi connectivity index (χ1) is 14.5. The summed E-state index contributed by atoms with van der Waals surface area (Å²) < 4.78 is 18.5. The van der Waals surface area contributed by atoms with Gasteiger partial charge in [-0.05, 0) is 30.7 Å². The van der Waals surface area contributed by atoms with Crippen molar-refractivity contribution in [3.05, 3.63) is 51.4 Å². The van der Waals surface area contributed by atoms with Gasteiger partial charge in [0.25, 0.3) is 5.56 Å². The Bertz CT molecular complexity index is 1180. The maximum atomic E-state index is 12.6. The number of H-pyrrole nitrogens is 1. The smallest absolute Gasteiger partial charge is 0.264 e. The standard InChI is InChI=1S/C20H19N5O5/c1-10-18-12(11-7-13(28-2)19-14(8-11)29-5-6-30-19)9-17(27)21-20(18)25(24-10)15-3-4-16(26)23-22-15/h3-4,7-8,12H,5-6,9H2,1-2H3,(H,21,27)(H,23,26). The highest BCUT2D eigenvalue weighted by Crippen LogP contribution is 2.46. The van der Waals surface area contributed by atoms with Crippen molar-refractivity contribution in [2.45, 2.75) is 19.3 Å². The molecule has 4 heterocycles. The van der Waals surface area contributed by atoms with E-state index in [9.17, 15) is 9.59 Å². The van der Waals surface area contributed by atoms with Crippen molar-refractivity contribution >= 4 is 11.7 Å². The molecule has 10 heteroatoms. The lowest BCUT2D eigenvalue weighted by Gasteiger charge is -2.27. The number of carbonyl (C=O) groups excluding carboxylic acids is 1. The molecule has 1 amide bonds. The van der Waals surface area contributed by atoms with E-state index in [0.29, 0.717) is 42.1 Å². The SMILES string of the molecule is COc1cc(C2CC(=O)Nc3c2c(C)nn3-c2ccc(=O)[nH]n2)cc2c1OCCO2. The number of rotatable bonds is 3. The number of fused-ring (bicyclic) bond motifs is 2. The molecule has 2 N–H and O–H groups in total. The van der Waals surface area contributed by atoms with Gasteiger partial charge in [0.2, 0.25) is 11.7 Å². The van der Waals surface area contributed by atoms with Crippen molar-refractivity contribution in [3.8, 4) is 23.1 Å². The van der Waals surface area contributed by atoms with Gasteiger partial charge in [0.1, 0.15) is 19.0 Å². The summed E-state index contributed by atoms with van der Waals surface area (Å²) >= 11 is 0. The molecule has 1 atom stereocenters. The van der Waals surface area contributed by atoms with Crippen LogP contribution in [0.15, 0.2) is 29.1 Å². The largest absolute Gasteiger partial charge is 0.493 e. The average Bonchev–Trinajstić information content (AvgIpc) is 3.09. The zero-order chi connectivity index (χ0) is 20.8. The molecule has 0 bridgehead atoms. The molecule has 0 radical (unpaired) electrons. The van der Waals surface area contributed by atoms with Gasteiger partial charge in [0.15, 0.2) is 17.3 Å². The Morgan fingerprint density at radius 3 is 2.80 bits per heavy atom. The number of hydrogen-bond donors (Lipinski definition) is 2. The van der Waals surface area contributed by atoms with Crippen LogP contribution in [0, 0.1) is 6.92 Å². The van der Waals surface area contributed by atoms with Crippen LogP contribution in [0.4, 0.5) is 5.82 Å². The number of amides is 1. The van der Waals surface area contributed by atoms with Gasteiger partial charge >= 0.3 is 0 Å². The molecule has 0 spiro atoms. The van der Waals surface area contributed by atoms with Crippen LogP contribution in [-0.2, 0) is 4.79 Å². The Morgan fingerprint density at radius 2 is 2.03 bits per heavy atom. The number of aromatic nitrogens is 4. The van der Waals surface area contributed by atoms with Crippen molar-refractivity contribution in [1.82, 2.24) is 20.0 Å². The molecule has 2 aliphatic heterocycles. The first-order valence-electron chi connectivity index (χ1n) is 9.48. The first kappa shape index (κ1) is 18.2.